The molecule has 1 aromatic carbocycles. The second kappa shape index (κ2) is 8.47. The number of carbonyl (C=O) groups excluding carboxylic acids is 1. The average molecular weight is 366 g/mol. The minimum atomic E-state index is -0.173. The second-order valence-electron chi connectivity index (χ2n) is 6.10. The van der Waals surface area contributed by atoms with Gasteiger partial charge in [-0.05, 0) is 30.2 Å². The third kappa shape index (κ3) is 5.48. The number of hydrogen-bond donors (Lipinski definition) is 1. The first kappa shape index (κ1) is 18.7. The monoisotopic (exact) mass is 365 g/mol. The number of carbonyl (C=O) groups is 1. The van der Waals surface area contributed by atoms with Crippen molar-refractivity contribution < 1.29 is 4.79 Å². The zero-order chi connectivity index (χ0) is 17.7. The number of benzene rings is 1. The SMILES string of the molecule is CC(C)c1ccc(CN(C)CC(=O)Nc2ncc(Cl)cc2Cl)cc1. The summed E-state index contributed by atoms with van der Waals surface area (Å²) in [5, 5.41) is 3.45. The highest BCUT2D eigenvalue weighted by atomic mass is 35.5. The third-order valence-corrected chi connectivity index (χ3v) is 4.07. The minimum Gasteiger partial charge on any atom is -0.308 e. The van der Waals surface area contributed by atoms with Gasteiger partial charge in [0.15, 0.2) is 5.82 Å². The van der Waals surface area contributed by atoms with Gasteiger partial charge in [-0.15, -0.1) is 0 Å². The Morgan fingerprint density at radius 1 is 1.25 bits per heavy atom. The molecule has 1 N–H and O–H groups in total. The van der Waals surface area contributed by atoms with Crippen LogP contribution in [0.3, 0.4) is 0 Å². The molecular weight excluding hydrogens is 345 g/mol. The van der Waals surface area contributed by atoms with Crippen LogP contribution in [0.25, 0.3) is 0 Å². The summed E-state index contributed by atoms with van der Waals surface area (Å²) in [5.41, 5.74) is 2.47. The van der Waals surface area contributed by atoms with Gasteiger partial charge in [-0.1, -0.05) is 61.3 Å². The fourth-order valence-electron chi connectivity index (χ4n) is 2.30. The molecule has 4 nitrogen and oxygen atoms in total. The van der Waals surface area contributed by atoms with Crippen molar-refractivity contribution in [3.05, 3.63) is 57.7 Å². The first-order chi connectivity index (χ1) is 11.3. The van der Waals surface area contributed by atoms with Crippen molar-refractivity contribution in [2.75, 3.05) is 18.9 Å². The van der Waals surface area contributed by atoms with Crippen LogP contribution >= 0.6 is 23.2 Å². The standard InChI is InChI=1S/C18H21Cl2N3O/c1-12(2)14-6-4-13(5-7-14)10-23(3)11-17(24)22-18-16(20)8-15(19)9-21-18/h4-9,12H,10-11H2,1-3H3,(H,21,22,24). The molecule has 0 unspecified atom stereocenters. The highest BCUT2D eigenvalue weighted by molar-refractivity contribution is 6.36. The van der Waals surface area contributed by atoms with Crippen molar-refractivity contribution in [1.82, 2.24) is 9.88 Å². The van der Waals surface area contributed by atoms with E-state index in [0.29, 0.717) is 28.3 Å². The molecule has 0 spiro atoms. The molecule has 0 aliphatic heterocycles. The molecule has 0 saturated carbocycles. The summed E-state index contributed by atoms with van der Waals surface area (Å²) < 4.78 is 0. The quantitative estimate of drug-likeness (QED) is 0.814. The van der Waals surface area contributed by atoms with E-state index in [-0.39, 0.29) is 12.5 Å². The summed E-state index contributed by atoms with van der Waals surface area (Å²) in [7, 11) is 1.90. The summed E-state index contributed by atoms with van der Waals surface area (Å²) in [5.74, 6) is 0.660. The van der Waals surface area contributed by atoms with Gasteiger partial charge in [0, 0.05) is 12.7 Å². The van der Waals surface area contributed by atoms with E-state index in [0.717, 1.165) is 5.56 Å². The van der Waals surface area contributed by atoms with Crippen molar-refractivity contribution in [3.8, 4) is 0 Å². The first-order valence-corrected chi connectivity index (χ1v) is 8.49. The van der Waals surface area contributed by atoms with Crippen LogP contribution in [-0.2, 0) is 11.3 Å². The lowest BCUT2D eigenvalue weighted by Crippen LogP contribution is -2.30. The van der Waals surface area contributed by atoms with Crippen LogP contribution in [0.1, 0.15) is 30.9 Å². The first-order valence-electron chi connectivity index (χ1n) is 7.73. The largest absolute Gasteiger partial charge is 0.308 e. The topological polar surface area (TPSA) is 45.2 Å². The summed E-state index contributed by atoms with van der Waals surface area (Å²) >= 11 is 11.8. The molecule has 6 heteroatoms. The Balaban J connectivity index is 1.89. The Bertz CT molecular complexity index is 702. The summed E-state index contributed by atoms with van der Waals surface area (Å²) in [6, 6.07) is 10.0. The maximum atomic E-state index is 12.1. The molecule has 1 heterocycles. The number of aromatic nitrogens is 1. The lowest BCUT2D eigenvalue weighted by molar-refractivity contribution is -0.117. The maximum absolute atomic E-state index is 12.1. The Morgan fingerprint density at radius 3 is 2.50 bits per heavy atom. The molecule has 0 aliphatic rings. The van der Waals surface area contributed by atoms with Gasteiger partial charge in [-0.25, -0.2) is 4.98 Å². The van der Waals surface area contributed by atoms with Gasteiger partial charge in [0.05, 0.1) is 16.6 Å². The van der Waals surface area contributed by atoms with Crippen LogP contribution in [-0.4, -0.2) is 29.4 Å². The van der Waals surface area contributed by atoms with Crippen LogP contribution in [0, 0.1) is 0 Å². The van der Waals surface area contributed by atoms with Gasteiger partial charge >= 0.3 is 0 Å². The zero-order valence-corrected chi connectivity index (χ0v) is 15.5. The highest BCUT2D eigenvalue weighted by Crippen LogP contribution is 2.22. The molecule has 0 aliphatic carbocycles. The molecule has 24 heavy (non-hydrogen) atoms. The van der Waals surface area contributed by atoms with Crippen LogP contribution < -0.4 is 5.32 Å². The van der Waals surface area contributed by atoms with E-state index in [2.05, 4.69) is 48.4 Å². The number of hydrogen-bond acceptors (Lipinski definition) is 3. The number of amides is 1. The number of rotatable bonds is 6. The molecule has 2 rings (SSSR count). The maximum Gasteiger partial charge on any atom is 0.239 e. The second-order valence-corrected chi connectivity index (χ2v) is 6.94. The van der Waals surface area contributed by atoms with Gasteiger partial charge < -0.3 is 5.32 Å². The van der Waals surface area contributed by atoms with E-state index in [1.54, 1.807) is 6.07 Å². The number of nitrogens with zero attached hydrogens (tertiary/aromatic N) is 2. The average Bonchev–Trinajstić information content (AvgIpc) is 2.50. The van der Waals surface area contributed by atoms with Crippen LogP contribution in [0.2, 0.25) is 10.0 Å². The molecule has 0 saturated heterocycles. The molecule has 1 aromatic heterocycles. The number of halogens is 2. The van der Waals surface area contributed by atoms with E-state index in [1.165, 1.54) is 11.8 Å². The molecule has 0 fully saturated rings. The Kier molecular flexibility index (Phi) is 6.60. The van der Waals surface area contributed by atoms with E-state index in [9.17, 15) is 4.79 Å². The van der Waals surface area contributed by atoms with Gasteiger partial charge in [0.1, 0.15) is 0 Å². The number of anilines is 1. The predicted octanol–water partition coefficient (Wildman–Crippen LogP) is 4.58. The molecule has 2 aromatic rings. The van der Waals surface area contributed by atoms with Gasteiger partial charge in [0.2, 0.25) is 5.91 Å². The van der Waals surface area contributed by atoms with Crippen molar-refractivity contribution >= 4 is 34.9 Å². The Morgan fingerprint density at radius 2 is 1.92 bits per heavy atom. The van der Waals surface area contributed by atoms with E-state index >= 15 is 0 Å². The fourth-order valence-corrected chi connectivity index (χ4v) is 2.73. The van der Waals surface area contributed by atoms with Crippen molar-refractivity contribution in [2.45, 2.75) is 26.3 Å². The molecule has 0 atom stereocenters. The Hall–Kier alpha value is -1.62. The fraction of sp³-hybridized carbons (Fsp3) is 0.333. The Labute approximate surface area is 152 Å². The smallest absolute Gasteiger partial charge is 0.239 e. The van der Waals surface area contributed by atoms with E-state index in [4.69, 9.17) is 23.2 Å². The predicted molar refractivity (Wildman–Crippen MR) is 99.8 cm³/mol. The van der Waals surface area contributed by atoms with Crippen molar-refractivity contribution in [3.63, 3.8) is 0 Å². The number of likely N-dealkylation sites (N-methyl/N-ethyl adjacent to an activating group) is 1. The highest BCUT2D eigenvalue weighted by Gasteiger charge is 2.11. The lowest BCUT2D eigenvalue weighted by atomic mass is 10.0. The van der Waals surface area contributed by atoms with Crippen LogP contribution in [0.15, 0.2) is 36.5 Å². The van der Waals surface area contributed by atoms with Crippen molar-refractivity contribution in [2.24, 2.45) is 0 Å². The molecule has 0 bridgehead atoms. The van der Waals surface area contributed by atoms with E-state index < -0.39 is 0 Å². The normalized spacial score (nSPS) is 11.1. The minimum absolute atomic E-state index is 0.173. The molecule has 1 amide bonds. The zero-order valence-electron chi connectivity index (χ0n) is 14.0. The van der Waals surface area contributed by atoms with Crippen LogP contribution in [0.4, 0.5) is 5.82 Å². The molecule has 128 valence electrons. The van der Waals surface area contributed by atoms with Crippen molar-refractivity contribution in [1.29, 1.82) is 0 Å². The van der Waals surface area contributed by atoms with Crippen LogP contribution in [0.5, 0.6) is 0 Å². The number of nitrogens with one attached hydrogen (secondary N) is 1. The lowest BCUT2D eigenvalue weighted by Gasteiger charge is -2.17. The van der Waals surface area contributed by atoms with Gasteiger partial charge in [-0.2, -0.15) is 0 Å². The summed E-state index contributed by atoms with van der Waals surface area (Å²) in [6.45, 7) is 5.27. The number of pyridine rings is 1. The molecule has 0 radical (unpaired) electrons. The molecular formula is C18H21Cl2N3O. The summed E-state index contributed by atoms with van der Waals surface area (Å²) in [6.07, 6.45) is 1.45. The van der Waals surface area contributed by atoms with Gasteiger partial charge in [0.25, 0.3) is 0 Å². The third-order valence-electron chi connectivity index (χ3n) is 3.58. The summed E-state index contributed by atoms with van der Waals surface area (Å²) in [4.78, 5) is 18.1. The van der Waals surface area contributed by atoms with Gasteiger partial charge in [-0.3, -0.25) is 9.69 Å². The van der Waals surface area contributed by atoms with E-state index in [1.807, 2.05) is 11.9 Å².